The summed E-state index contributed by atoms with van der Waals surface area (Å²) in [4.78, 5) is 21.6. The van der Waals surface area contributed by atoms with Crippen LogP contribution in [0.4, 0.5) is 4.39 Å². The van der Waals surface area contributed by atoms with Crippen molar-refractivity contribution in [2.45, 2.75) is 18.8 Å². The highest BCUT2D eigenvalue weighted by Crippen LogP contribution is 2.46. The average Bonchev–Trinajstić information content (AvgIpc) is 3.48. The Morgan fingerprint density at radius 3 is 2.56 bits per heavy atom. The Labute approximate surface area is 205 Å². The Balaban J connectivity index is 0.000000292. The van der Waals surface area contributed by atoms with Crippen molar-refractivity contribution in [1.29, 1.82) is 0 Å². The predicted octanol–water partition coefficient (Wildman–Crippen LogP) is 4.14. The van der Waals surface area contributed by atoms with Gasteiger partial charge in [0.15, 0.2) is 17.1 Å². The second-order valence-electron chi connectivity index (χ2n) is 8.70. The third-order valence-electron chi connectivity index (χ3n) is 6.44. The van der Waals surface area contributed by atoms with E-state index in [4.69, 9.17) is 24.2 Å². The molecule has 6 rings (SSSR count). The molecule has 2 aromatic carbocycles. The molecule has 36 heavy (non-hydrogen) atoms. The van der Waals surface area contributed by atoms with Gasteiger partial charge in [-0.1, -0.05) is 11.2 Å². The number of halogens is 1. The van der Waals surface area contributed by atoms with Gasteiger partial charge in [0.05, 0.1) is 5.69 Å². The number of ether oxygens (including phenoxy) is 2. The van der Waals surface area contributed by atoms with Crippen LogP contribution in [-0.2, 0) is 9.59 Å². The zero-order valence-corrected chi connectivity index (χ0v) is 19.1. The Bertz CT molecular complexity index is 1370. The summed E-state index contributed by atoms with van der Waals surface area (Å²) in [7, 11) is 0. The highest BCUT2D eigenvalue weighted by atomic mass is 19.1. The van der Waals surface area contributed by atoms with E-state index in [1.807, 2.05) is 6.07 Å². The molecule has 0 saturated carbocycles. The minimum absolute atomic E-state index is 0.290. The fourth-order valence-electron chi connectivity index (χ4n) is 4.70. The lowest BCUT2D eigenvalue weighted by Crippen LogP contribution is -2.35. The van der Waals surface area contributed by atoms with Gasteiger partial charge in [-0.25, -0.2) is 14.0 Å². The predicted molar refractivity (Wildman–Crippen MR) is 127 cm³/mol. The number of carboxylic acid groups (broad SMARTS) is 2. The maximum absolute atomic E-state index is 13.4. The Morgan fingerprint density at radius 1 is 1.08 bits per heavy atom. The number of fused-ring (bicyclic) bond motifs is 4. The molecule has 0 bridgehead atoms. The molecule has 0 atom stereocenters. The smallest absolute Gasteiger partial charge is 0.328 e. The first kappa shape index (κ1) is 23.6. The van der Waals surface area contributed by atoms with E-state index in [1.54, 1.807) is 6.07 Å². The van der Waals surface area contributed by atoms with Crippen molar-refractivity contribution in [3.05, 3.63) is 65.1 Å². The first-order valence-corrected chi connectivity index (χ1v) is 11.4. The lowest BCUT2D eigenvalue weighted by Gasteiger charge is -2.33. The number of aromatic nitrogens is 1. The van der Waals surface area contributed by atoms with E-state index in [2.05, 4.69) is 22.2 Å². The molecule has 3 aromatic rings. The van der Waals surface area contributed by atoms with E-state index in [1.165, 1.54) is 28.8 Å². The highest BCUT2D eigenvalue weighted by molar-refractivity contribution is 5.99. The van der Waals surface area contributed by atoms with Crippen molar-refractivity contribution in [2.24, 2.45) is 0 Å². The van der Waals surface area contributed by atoms with Crippen LogP contribution in [-0.4, -0.2) is 58.6 Å². The minimum atomic E-state index is -1.26. The molecule has 186 valence electrons. The molecule has 1 aliphatic carbocycles. The number of nitrogens with zero attached hydrogens (tertiary/aromatic N) is 2. The summed E-state index contributed by atoms with van der Waals surface area (Å²) in [6.45, 7) is 3.28. The molecule has 9 nitrogen and oxygen atoms in total. The number of aliphatic carboxylic acids is 2. The van der Waals surface area contributed by atoms with Crippen molar-refractivity contribution >= 4 is 34.6 Å². The minimum Gasteiger partial charge on any atom is -0.478 e. The summed E-state index contributed by atoms with van der Waals surface area (Å²) >= 11 is 0. The molecule has 1 saturated heterocycles. The van der Waals surface area contributed by atoms with Crippen molar-refractivity contribution in [2.75, 3.05) is 26.4 Å². The van der Waals surface area contributed by atoms with Crippen LogP contribution in [0.2, 0.25) is 0 Å². The maximum Gasteiger partial charge on any atom is 0.328 e. The van der Waals surface area contributed by atoms with E-state index in [-0.39, 0.29) is 5.82 Å². The molecular formula is C26H23FN2O7. The Hall–Kier alpha value is -4.18. The van der Waals surface area contributed by atoms with E-state index >= 15 is 0 Å². The summed E-state index contributed by atoms with van der Waals surface area (Å²) in [5, 5.41) is 20.8. The highest BCUT2D eigenvalue weighted by Gasteiger charge is 2.30. The molecule has 0 amide bonds. The molecular weight excluding hydrogens is 471 g/mol. The monoisotopic (exact) mass is 494 g/mol. The number of hydrogen-bond acceptors (Lipinski definition) is 7. The van der Waals surface area contributed by atoms with Crippen molar-refractivity contribution in [3.8, 4) is 11.5 Å². The van der Waals surface area contributed by atoms with E-state index in [0.717, 1.165) is 55.1 Å². The van der Waals surface area contributed by atoms with Gasteiger partial charge in [0.1, 0.15) is 5.82 Å². The van der Waals surface area contributed by atoms with Crippen LogP contribution >= 0.6 is 0 Å². The number of carbonyl (C=O) groups is 2. The maximum atomic E-state index is 13.4. The first-order chi connectivity index (χ1) is 17.4. The summed E-state index contributed by atoms with van der Waals surface area (Å²) in [5.41, 5.74) is 5.30. The SMILES string of the molecule is Fc1ccc2c(C3CCN(CC4=Cc5c4ccc4c5OCO4)CC3)noc2c1.O=C(O)C=CC(=O)O. The number of likely N-dealkylation sites (tertiary alicyclic amines) is 1. The summed E-state index contributed by atoms with van der Waals surface area (Å²) < 4.78 is 29.7. The molecule has 3 aliphatic rings. The Morgan fingerprint density at radius 2 is 1.83 bits per heavy atom. The number of piperidine rings is 1. The van der Waals surface area contributed by atoms with Crippen LogP contribution in [0.5, 0.6) is 11.5 Å². The third-order valence-corrected chi connectivity index (χ3v) is 6.44. The third kappa shape index (κ3) is 4.80. The zero-order valence-electron chi connectivity index (χ0n) is 19.1. The second kappa shape index (κ2) is 9.82. The van der Waals surface area contributed by atoms with Gasteiger partial charge in [0, 0.05) is 41.6 Å². The molecule has 1 aromatic heterocycles. The van der Waals surface area contributed by atoms with Crippen LogP contribution in [0, 0.1) is 5.82 Å². The largest absolute Gasteiger partial charge is 0.478 e. The number of benzene rings is 2. The van der Waals surface area contributed by atoms with Crippen LogP contribution in [0.15, 0.2) is 47.0 Å². The van der Waals surface area contributed by atoms with E-state index in [9.17, 15) is 14.0 Å². The number of rotatable bonds is 5. The van der Waals surface area contributed by atoms with Gasteiger partial charge in [-0.2, -0.15) is 0 Å². The fourth-order valence-corrected chi connectivity index (χ4v) is 4.70. The molecule has 10 heteroatoms. The molecule has 0 spiro atoms. The van der Waals surface area contributed by atoms with Crippen LogP contribution in [0.3, 0.4) is 0 Å². The zero-order chi connectivity index (χ0) is 25.2. The number of hydrogen-bond donors (Lipinski definition) is 2. The lowest BCUT2D eigenvalue weighted by molar-refractivity contribution is -0.134. The first-order valence-electron chi connectivity index (χ1n) is 11.4. The van der Waals surface area contributed by atoms with E-state index < -0.39 is 11.9 Å². The molecule has 3 heterocycles. The van der Waals surface area contributed by atoms with Gasteiger partial charge in [0.25, 0.3) is 0 Å². The molecule has 0 radical (unpaired) electrons. The van der Waals surface area contributed by atoms with E-state index in [0.29, 0.717) is 30.4 Å². The topological polar surface area (TPSA) is 122 Å². The van der Waals surface area contributed by atoms with Gasteiger partial charge in [-0.3, -0.25) is 4.90 Å². The van der Waals surface area contributed by atoms with Gasteiger partial charge < -0.3 is 24.2 Å². The normalized spacial score (nSPS) is 16.8. The summed E-state index contributed by atoms with van der Waals surface area (Å²) in [5.74, 6) is -0.718. The molecule has 1 fully saturated rings. The van der Waals surface area contributed by atoms with Gasteiger partial charge in [0.2, 0.25) is 6.79 Å². The second-order valence-corrected chi connectivity index (χ2v) is 8.70. The standard InChI is InChI=1S/C22H19FN2O3.C4H4O4/c23-15-1-2-17-20(10-15)28-24-21(17)13-5-7-25(8-6-13)11-14-9-18-16(14)3-4-19-22(18)27-12-26-19;5-3(6)1-2-4(7)8/h1-4,9-10,13H,5-8,11-12H2;1-2H,(H,5,6)(H,7,8). The number of carboxylic acids is 2. The van der Waals surface area contributed by atoms with Crippen LogP contribution < -0.4 is 9.47 Å². The molecule has 2 N–H and O–H groups in total. The van der Waals surface area contributed by atoms with Crippen LogP contribution in [0.25, 0.3) is 22.6 Å². The average molecular weight is 494 g/mol. The van der Waals surface area contributed by atoms with Gasteiger partial charge in [-0.05, 0) is 61.3 Å². The molecule has 0 unspecified atom stereocenters. The lowest BCUT2D eigenvalue weighted by atomic mass is 9.86. The van der Waals surface area contributed by atoms with Gasteiger partial charge in [-0.15, -0.1) is 0 Å². The Kier molecular flexibility index (Phi) is 6.43. The fraction of sp³-hybridized carbons (Fsp3) is 0.269. The van der Waals surface area contributed by atoms with Gasteiger partial charge >= 0.3 is 11.9 Å². The summed E-state index contributed by atoms with van der Waals surface area (Å²) in [6, 6.07) is 8.80. The van der Waals surface area contributed by atoms with Crippen molar-refractivity contribution < 1.29 is 38.2 Å². The van der Waals surface area contributed by atoms with Crippen molar-refractivity contribution in [3.63, 3.8) is 0 Å². The quantitative estimate of drug-likeness (QED) is 0.504. The summed E-state index contributed by atoms with van der Waals surface area (Å²) in [6.07, 6.45) is 5.39. The van der Waals surface area contributed by atoms with Crippen molar-refractivity contribution in [1.82, 2.24) is 10.1 Å². The van der Waals surface area contributed by atoms with Crippen LogP contribution in [0.1, 0.15) is 35.6 Å². The molecule has 2 aliphatic heterocycles.